The van der Waals surface area contributed by atoms with Crippen LogP contribution in [0.4, 0.5) is 4.39 Å². The molecule has 0 N–H and O–H groups in total. The Bertz CT molecular complexity index is 689. The van der Waals surface area contributed by atoms with Crippen molar-refractivity contribution in [1.29, 1.82) is 0 Å². The molecule has 0 atom stereocenters. The lowest BCUT2D eigenvalue weighted by Crippen LogP contribution is -1.97. The first-order valence-electron chi connectivity index (χ1n) is 6.04. The van der Waals surface area contributed by atoms with E-state index in [-0.39, 0.29) is 5.82 Å². The van der Waals surface area contributed by atoms with Crippen LogP contribution in [0, 0.1) is 5.82 Å². The van der Waals surface area contributed by atoms with E-state index in [4.69, 9.17) is 4.74 Å². The van der Waals surface area contributed by atoms with Gasteiger partial charge in [0.15, 0.2) is 0 Å². The molecule has 94 valence electrons. The lowest BCUT2D eigenvalue weighted by Gasteiger charge is -2.08. The van der Waals surface area contributed by atoms with Crippen LogP contribution in [0.5, 0.6) is 5.75 Å². The van der Waals surface area contributed by atoms with Gasteiger partial charge in [-0.2, -0.15) is 0 Å². The average Bonchev–Trinajstić information content (AvgIpc) is 2.47. The molecular formula is C16H12FNO. The molecule has 2 nitrogen and oxygen atoms in total. The van der Waals surface area contributed by atoms with Crippen molar-refractivity contribution in [3.05, 3.63) is 72.2 Å². The minimum absolute atomic E-state index is 0.265. The van der Waals surface area contributed by atoms with Gasteiger partial charge in [-0.05, 0) is 30.3 Å². The van der Waals surface area contributed by atoms with Crippen LogP contribution in [0.2, 0.25) is 0 Å². The van der Waals surface area contributed by atoms with Crippen LogP contribution in [0.25, 0.3) is 10.9 Å². The van der Waals surface area contributed by atoms with Crippen LogP contribution < -0.4 is 4.74 Å². The van der Waals surface area contributed by atoms with Gasteiger partial charge in [-0.3, -0.25) is 4.98 Å². The van der Waals surface area contributed by atoms with Crippen molar-refractivity contribution in [2.45, 2.75) is 6.61 Å². The van der Waals surface area contributed by atoms with E-state index < -0.39 is 0 Å². The maximum Gasteiger partial charge on any atom is 0.123 e. The zero-order valence-corrected chi connectivity index (χ0v) is 10.2. The van der Waals surface area contributed by atoms with Crippen LogP contribution in [0.15, 0.2) is 60.8 Å². The van der Waals surface area contributed by atoms with E-state index >= 15 is 0 Å². The monoisotopic (exact) mass is 253 g/mol. The van der Waals surface area contributed by atoms with E-state index in [9.17, 15) is 4.39 Å². The van der Waals surface area contributed by atoms with Crippen LogP contribution in [-0.2, 0) is 6.61 Å². The lowest BCUT2D eigenvalue weighted by atomic mass is 10.1. The number of para-hydroxylation sites is 1. The fourth-order valence-electron chi connectivity index (χ4n) is 1.98. The summed E-state index contributed by atoms with van der Waals surface area (Å²) in [6.07, 6.45) is 1.77. The summed E-state index contributed by atoms with van der Waals surface area (Å²) in [5.41, 5.74) is 1.95. The number of nitrogens with zero attached hydrogens (tertiary/aromatic N) is 1. The molecule has 2 aromatic carbocycles. The summed E-state index contributed by atoms with van der Waals surface area (Å²) in [5, 5.41) is 1.09. The minimum atomic E-state index is -0.265. The number of benzene rings is 2. The molecule has 0 saturated carbocycles. The predicted molar refractivity (Wildman–Crippen MR) is 72.5 cm³/mol. The van der Waals surface area contributed by atoms with Gasteiger partial charge in [-0.1, -0.05) is 24.3 Å². The molecule has 0 aliphatic carbocycles. The van der Waals surface area contributed by atoms with Crippen molar-refractivity contribution in [3.63, 3.8) is 0 Å². The number of hydrogen-bond donors (Lipinski definition) is 0. The number of hydrogen-bond acceptors (Lipinski definition) is 2. The Hall–Kier alpha value is -2.42. The second-order valence-electron chi connectivity index (χ2n) is 4.23. The third kappa shape index (κ3) is 2.55. The molecule has 0 radical (unpaired) electrons. The second-order valence-corrected chi connectivity index (χ2v) is 4.23. The van der Waals surface area contributed by atoms with Gasteiger partial charge < -0.3 is 4.74 Å². The maximum atomic E-state index is 12.8. The van der Waals surface area contributed by atoms with Crippen molar-refractivity contribution in [2.24, 2.45) is 0 Å². The molecule has 0 spiro atoms. The minimum Gasteiger partial charge on any atom is -0.489 e. The highest BCUT2D eigenvalue weighted by molar-refractivity contribution is 5.81. The normalized spacial score (nSPS) is 10.6. The van der Waals surface area contributed by atoms with Crippen molar-refractivity contribution >= 4 is 10.9 Å². The standard InChI is InChI=1S/C16H12FNO/c17-14-6-8-15(9-7-14)19-11-13-4-1-3-12-5-2-10-18-16(12)13/h1-10H,11H2. The van der Waals surface area contributed by atoms with Gasteiger partial charge in [0, 0.05) is 17.1 Å². The van der Waals surface area contributed by atoms with Gasteiger partial charge in [0.25, 0.3) is 0 Å². The third-order valence-electron chi connectivity index (χ3n) is 2.92. The summed E-state index contributed by atoms with van der Waals surface area (Å²) >= 11 is 0. The number of ether oxygens (including phenoxy) is 1. The van der Waals surface area contributed by atoms with Crippen molar-refractivity contribution in [2.75, 3.05) is 0 Å². The van der Waals surface area contributed by atoms with Crippen molar-refractivity contribution in [1.82, 2.24) is 4.98 Å². The molecule has 1 aromatic heterocycles. The summed E-state index contributed by atoms with van der Waals surface area (Å²) in [6, 6.07) is 15.9. The van der Waals surface area contributed by atoms with Crippen LogP contribution in [0.1, 0.15) is 5.56 Å². The Balaban J connectivity index is 1.84. The summed E-state index contributed by atoms with van der Waals surface area (Å²) < 4.78 is 18.4. The maximum absolute atomic E-state index is 12.8. The molecule has 0 aliphatic heterocycles. The topological polar surface area (TPSA) is 22.1 Å². The van der Waals surface area contributed by atoms with Gasteiger partial charge in [-0.15, -0.1) is 0 Å². The highest BCUT2D eigenvalue weighted by Crippen LogP contribution is 2.19. The fraction of sp³-hybridized carbons (Fsp3) is 0.0625. The summed E-state index contributed by atoms with van der Waals surface area (Å²) in [7, 11) is 0. The molecule has 0 fully saturated rings. The quantitative estimate of drug-likeness (QED) is 0.705. The number of halogens is 1. The zero-order valence-electron chi connectivity index (χ0n) is 10.2. The van der Waals surface area contributed by atoms with E-state index in [1.54, 1.807) is 18.3 Å². The molecule has 3 aromatic rings. The molecule has 19 heavy (non-hydrogen) atoms. The highest BCUT2D eigenvalue weighted by Gasteiger charge is 2.02. The Kier molecular flexibility index (Phi) is 3.11. The van der Waals surface area contributed by atoms with Gasteiger partial charge in [-0.25, -0.2) is 4.39 Å². The largest absolute Gasteiger partial charge is 0.489 e. The molecule has 3 heteroatoms. The molecule has 0 saturated heterocycles. The first-order chi connectivity index (χ1) is 9.33. The number of rotatable bonds is 3. The van der Waals surface area contributed by atoms with Gasteiger partial charge in [0.2, 0.25) is 0 Å². The van der Waals surface area contributed by atoms with Crippen LogP contribution in [-0.4, -0.2) is 4.98 Å². The van der Waals surface area contributed by atoms with E-state index in [1.807, 2.05) is 30.3 Å². The predicted octanol–water partition coefficient (Wildman–Crippen LogP) is 3.95. The third-order valence-corrected chi connectivity index (χ3v) is 2.92. The summed E-state index contributed by atoms with van der Waals surface area (Å²) in [5.74, 6) is 0.383. The first-order valence-corrected chi connectivity index (χ1v) is 6.04. The molecule has 1 heterocycles. The molecular weight excluding hydrogens is 241 g/mol. The van der Waals surface area contributed by atoms with Gasteiger partial charge >= 0.3 is 0 Å². The van der Waals surface area contributed by atoms with E-state index in [0.717, 1.165) is 16.5 Å². The Morgan fingerprint density at radius 1 is 0.947 bits per heavy atom. The lowest BCUT2D eigenvalue weighted by molar-refractivity contribution is 0.307. The molecule has 0 aliphatic rings. The summed E-state index contributed by atoms with van der Waals surface area (Å²) in [4.78, 5) is 4.37. The fourth-order valence-corrected chi connectivity index (χ4v) is 1.98. The molecule has 0 amide bonds. The highest BCUT2D eigenvalue weighted by atomic mass is 19.1. The number of pyridine rings is 1. The summed E-state index contributed by atoms with van der Waals surface area (Å²) in [6.45, 7) is 0.417. The van der Waals surface area contributed by atoms with Crippen LogP contribution in [0.3, 0.4) is 0 Å². The van der Waals surface area contributed by atoms with Gasteiger partial charge in [0.05, 0.1) is 5.52 Å². The Morgan fingerprint density at radius 3 is 2.58 bits per heavy atom. The van der Waals surface area contributed by atoms with Gasteiger partial charge in [0.1, 0.15) is 18.2 Å². The molecule has 3 rings (SSSR count). The molecule has 0 unspecified atom stereocenters. The Labute approximate surface area is 110 Å². The SMILES string of the molecule is Fc1ccc(OCc2cccc3cccnc23)cc1. The number of fused-ring (bicyclic) bond motifs is 1. The van der Waals surface area contributed by atoms with Crippen molar-refractivity contribution in [3.8, 4) is 5.75 Å². The smallest absolute Gasteiger partial charge is 0.123 e. The average molecular weight is 253 g/mol. The Morgan fingerprint density at radius 2 is 1.74 bits per heavy atom. The van der Waals surface area contributed by atoms with E-state index in [0.29, 0.717) is 12.4 Å². The first kappa shape index (κ1) is 11.7. The van der Waals surface area contributed by atoms with Crippen molar-refractivity contribution < 1.29 is 9.13 Å². The number of aromatic nitrogens is 1. The second kappa shape index (κ2) is 5.06. The molecule has 0 bridgehead atoms. The van der Waals surface area contributed by atoms with E-state index in [2.05, 4.69) is 4.98 Å². The van der Waals surface area contributed by atoms with Crippen LogP contribution >= 0.6 is 0 Å². The van der Waals surface area contributed by atoms with E-state index in [1.165, 1.54) is 12.1 Å². The zero-order chi connectivity index (χ0) is 13.1.